The minimum Gasteiger partial charge on any atom is -0.335 e. The Balaban J connectivity index is 1.47. The van der Waals surface area contributed by atoms with E-state index in [4.69, 9.17) is 5.10 Å². The summed E-state index contributed by atoms with van der Waals surface area (Å²) in [6.07, 6.45) is 6.28. The van der Waals surface area contributed by atoms with Gasteiger partial charge in [0.25, 0.3) is 0 Å². The molecule has 1 unspecified atom stereocenters. The molecule has 1 atom stereocenters. The molecular weight excluding hydrogens is 502 g/mol. The monoisotopic (exact) mass is 539 g/mol. The summed E-state index contributed by atoms with van der Waals surface area (Å²) in [5.74, 6) is 1.51. The average molecular weight is 540 g/mol. The summed E-state index contributed by atoms with van der Waals surface area (Å²) in [5, 5.41) is 16.6. The molecule has 5 rings (SSSR count). The van der Waals surface area contributed by atoms with Crippen LogP contribution in [0.15, 0.2) is 84.0 Å². The molecule has 0 radical (unpaired) electrons. The van der Waals surface area contributed by atoms with Crippen LogP contribution in [0.5, 0.6) is 0 Å². The number of aromatic nitrogens is 3. The Kier molecular flexibility index (Phi) is 8.99. The number of hydrogen-bond donors (Lipinski definition) is 2. The molecule has 1 heterocycles. The van der Waals surface area contributed by atoms with Gasteiger partial charge in [-0.25, -0.2) is 4.79 Å². The van der Waals surface area contributed by atoms with Crippen molar-refractivity contribution in [2.24, 2.45) is 0 Å². The molecule has 1 fully saturated rings. The third-order valence-corrected chi connectivity index (χ3v) is 8.24. The van der Waals surface area contributed by atoms with Gasteiger partial charge in [0.2, 0.25) is 0 Å². The van der Waals surface area contributed by atoms with Gasteiger partial charge >= 0.3 is 6.03 Å². The van der Waals surface area contributed by atoms with Crippen LogP contribution < -0.4 is 10.6 Å². The van der Waals surface area contributed by atoms with Crippen LogP contribution in [0.25, 0.3) is 5.69 Å². The molecule has 1 saturated carbocycles. The van der Waals surface area contributed by atoms with Gasteiger partial charge in [-0.15, -0.1) is 10.2 Å². The number of urea groups is 1. The Morgan fingerprint density at radius 3 is 2.38 bits per heavy atom. The van der Waals surface area contributed by atoms with E-state index in [-0.39, 0.29) is 18.1 Å². The molecule has 2 amide bonds. The van der Waals surface area contributed by atoms with Crippen LogP contribution in [0.4, 0.5) is 4.79 Å². The second-order valence-electron chi connectivity index (χ2n) is 10.5. The molecule has 0 aliphatic heterocycles. The predicted molar refractivity (Wildman–Crippen MR) is 158 cm³/mol. The summed E-state index contributed by atoms with van der Waals surface area (Å²) < 4.78 is 2.11. The first-order valence-corrected chi connectivity index (χ1v) is 14.9. The Labute approximate surface area is 235 Å². The van der Waals surface area contributed by atoms with Gasteiger partial charge < -0.3 is 10.6 Å². The number of nitrogens with one attached hydrogen (secondary N) is 2. The fourth-order valence-corrected chi connectivity index (χ4v) is 6.08. The summed E-state index contributed by atoms with van der Waals surface area (Å²) in [4.78, 5) is 13.2. The summed E-state index contributed by atoms with van der Waals surface area (Å²) in [5.41, 5.74) is 5.79. The smallest absolute Gasteiger partial charge is 0.315 e. The maximum Gasteiger partial charge on any atom is 0.315 e. The summed E-state index contributed by atoms with van der Waals surface area (Å²) >= 11 is 1.66. The number of benzene rings is 3. The number of amides is 2. The topological polar surface area (TPSA) is 71.8 Å². The predicted octanol–water partition coefficient (Wildman–Crippen LogP) is 7.09. The molecule has 6 nitrogen and oxygen atoms in total. The number of carbonyl (C=O) groups excluding carboxylic acids is 1. The third-order valence-electron chi connectivity index (χ3n) is 7.24. The van der Waals surface area contributed by atoms with E-state index >= 15 is 0 Å². The number of hydrogen-bond acceptors (Lipinski definition) is 4. The summed E-state index contributed by atoms with van der Waals surface area (Å²) in [7, 11) is 0. The third kappa shape index (κ3) is 7.30. The highest BCUT2D eigenvalue weighted by atomic mass is 32.2. The molecule has 0 saturated heterocycles. The molecule has 1 aliphatic rings. The molecule has 7 heteroatoms. The number of thioether (sulfide) groups is 1. The minimum atomic E-state index is -0.349. The molecular formula is C32H37N5OS. The second-order valence-corrected chi connectivity index (χ2v) is 11.4. The molecule has 202 valence electrons. The van der Waals surface area contributed by atoms with Crippen molar-refractivity contribution in [3.63, 3.8) is 0 Å². The molecule has 0 spiro atoms. The van der Waals surface area contributed by atoms with Crippen molar-refractivity contribution in [1.29, 1.82) is 0 Å². The number of carbonyl (C=O) groups is 1. The van der Waals surface area contributed by atoms with E-state index in [1.807, 2.05) is 18.2 Å². The van der Waals surface area contributed by atoms with Gasteiger partial charge in [0, 0.05) is 23.9 Å². The van der Waals surface area contributed by atoms with E-state index in [2.05, 4.69) is 94.8 Å². The zero-order valence-corrected chi connectivity index (χ0v) is 23.6. The molecule has 2 N–H and O–H groups in total. The van der Waals surface area contributed by atoms with Crippen molar-refractivity contribution in [3.05, 3.63) is 107 Å². The molecule has 0 bridgehead atoms. The van der Waals surface area contributed by atoms with Crippen LogP contribution in [0.1, 0.15) is 66.2 Å². The Morgan fingerprint density at radius 1 is 0.897 bits per heavy atom. The van der Waals surface area contributed by atoms with Gasteiger partial charge in [-0.05, 0) is 49.9 Å². The van der Waals surface area contributed by atoms with E-state index in [1.54, 1.807) is 11.8 Å². The lowest BCUT2D eigenvalue weighted by Crippen LogP contribution is -2.45. The van der Waals surface area contributed by atoms with Crippen LogP contribution in [-0.2, 0) is 12.2 Å². The first-order valence-electron chi connectivity index (χ1n) is 13.9. The molecule has 3 aromatic carbocycles. The van der Waals surface area contributed by atoms with Crippen LogP contribution >= 0.6 is 11.8 Å². The van der Waals surface area contributed by atoms with E-state index < -0.39 is 0 Å². The maximum atomic E-state index is 13.2. The van der Waals surface area contributed by atoms with Crippen LogP contribution in [-0.4, -0.2) is 26.8 Å². The Hall–Kier alpha value is -3.58. The lowest BCUT2D eigenvalue weighted by atomic mass is 9.96. The minimum absolute atomic E-state index is 0.143. The zero-order chi connectivity index (χ0) is 27.0. The lowest BCUT2D eigenvalue weighted by molar-refractivity contribution is 0.228. The normalized spacial score (nSPS) is 14.6. The standard InChI is InChI=1S/C32H37N5OS/c1-23-16-18-28(19-17-23)37-30(35-36-32(37)39-22-26-13-9-10-24(2)20-26)29(21-25-11-5-3-6-12-25)34-31(38)33-27-14-7-4-8-15-27/h3,5-6,9-13,16-20,27,29H,4,7-8,14-15,21-22H2,1-2H3,(H2,33,34,38). The van der Waals surface area contributed by atoms with Crippen LogP contribution in [0.3, 0.4) is 0 Å². The van der Waals surface area contributed by atoms with Gasteiger partial charge in [-0.2, -0.15) is 0 Å². The van der Waals surface area contributed by atoms with E-state index in [0.29, 0.717) is 6.42 Å². The van der Waals surface area contributed by atoms with Crippen molar-refractivity contribution >= 4 is 17.8 Å². The Morgan fingerprint density at radius 2 is 1.64 bits per heavy atom. The first-order chi connectivity index (χ1) is 19.0. The zero-order valence-electron chi connectivity index (χ0n) is 22.8. The SMILES string of the molecule is Cc1ccc(-n2c(SCc3cccc(C)c3)nnc2C(Cc2ccccc2)NC(=O)NC2CCCCC2)cc1. The van der Waals surface area contributed by atoms with E-state index in [9.17, 15) is 4.79 Å². The van der Waals surface area contributed by atoms with Gasteiger partial charge in [0.05, 0.1) is 6.04 Å². The molecule has 4 aromatic rings. The largest absolute Gasteiger partial charge is 0.335 e. The van der Waals surface area contributed by atoms with Crippen LogP contribution in [0, 0.1) is 13.8 Å². The average Bonchev–Trinajstić information content (AvgIpc) is 3.37. The highest BCUT2D eigenvalue weighted by Gasteiger charge is 2.26. The van der Waals surface area contributed by atoms with Crippen molar-refractivity contribution in [1.82, 2.24) is 25.4 Å². The Bertz CT molecular complexity index is 1360. The van der Waals surface area contributed by atoms with E-state index in [0.717, 1.165) is 40.8 Å². The highest BCUT2D eigenvalue weighted by molar-refractivity contribution is 7.98. The molecule has 39 heavy (non-hydrogen) atoms. The highest BCUT2D eigenvalue weighted by Crippen LogP contribution is 2.29. The molecule has 1 aromatic heterocycles. The van der Waals surface area contributed by atoms with Gasteiger partial charge in [-0.3, -0.25) is 4.57 Å². The first kappa shape index (κ1) is 27.0. The number of nitrogens with zero attached hydrogens (tertiary/aromatic N) is 3. The van der Waals surface area contributed by atoms with Crippen molar-refractivity contribution in [2.75, 3.05) is 0 Å². The van der Waals surface area contributed by atoms with Crippen molar-refractivity contribution < 1.29 is 4.79 Å². The summed E-state index contributed by atoms with van der Waals surface area (Å²) in [6, 6.07) is 26.9. The quantitative estimate of drug-likeness (QED) is 0.223. The summed E-state index contributed by atoms with van der Waals surface area (Å²) in [6.45, 7) is 4.19. The number of rotatable bonds is 9. The maximum absolute atomic E-state index is 13.2. The lowest BCUT2D eigenvalue weighted by Gasteiger charge is -2.25. The molecule has 1 aliphatic carbocycles. The van der Waals surface area contributed by atoms with Gasteiger partial charge in [0.15, 0.2) is 11.0 Å². The van der Waals surface area contributed by atoms with E-state index in [1.165, 1.54) is 36.0 Å². The fourth-order valence-electron chi connectivity index (χ4n) is 5.18. The fraction of sp³-hybridized carbons (Fsp3) is 0.344. The van der Waals surface area contributed by atoms with Crippen molar-refractivity contribution in [2.45, 2.75) is 75.4 Å². The van der Waals surface area contributed by atoms with Gasteiger partial charge in [-0.1, -0.05) is 109 Å². The van der Waals surface area contributed by atoms with Gasteiger partial charge in [0.1, 0.15) is 0 Å². The van der Waals surface area contributed by atoms with Crippen LogP contribution in [0.2, 0.25) is 0 Å². The number of aryl methyl sites for hydroxylation is 2. The second kappa shape index (κ2) is 13.0. The van der Waals surface area contributed by atoms with Crippen molar-refractivity contribution in [3.8, 4) is 5.69 Å².